The molecule has 3 rings (SSSR count). The predicted octanol–water partition coefficient (Wildman–Crippen LogP) is 5.28. The number of nitrogens with zero attached hydrogens (tertiary/aromatic N) is 2. The summed E-state index contributed by atoms with van der Waals surface area (Å²) < 4.78 is 26.2. The van der Waals surface area contributed by atoms with Crippen molar-refractivity contribution < 1.29 is 18.0 Å². The largest absolute Gasteiger partial charge is 0.352 e. The molecule has 1 saturated carbocycles. The predicted molar refractivity (Wildman–Crippen MR) is 145 cm³/mol. The Balaban J connectivity index is 1.88. The van der Waals surface area contributed by atoms with Gasteiger partial charge in [-0.25, -0.2) is 8.42 Å². The first-order valence-corrected chi connectivity index (χ1v) is 14.7. The van der Waals surface area contributed by atoms with Gasteiger partial charge in [-0.3, -0.25) is 13.9 Å². The van der Waals surface area contributed by atoms with Crippen LogP contribution in [0, 0.1) is 0 Å². The Hall–Kier alpha value is -2.00. The van der Waals surface area contributed by atoms with Crippen molar-refractivity contribution in [3.63, 3.8) is 0 Å². The Morgan fingerprint density at radius 3 is 2.33 bits per heavy atom. The summed E-state index contributed by atoms with van der Waals surface area (Å²) in [6.07, 6.45) is 6.06. The van der Waals surface area contributed by atoms with Gasteiger partial charge < -0.3 is 10.2 Å². The Kier molecular flexibility index (Phi) is 9.92. The van der Waals surface area contributed by atoms with Crippen molar-refractivity contribution in [3.8, 4) is 0 Å². The molecule has 1 aliphatic carbocycles. The summed E-state index contributed by atoms with van der Waals surface area (Å²) in [7, 11) is -3.86. The lowest BCUT2D eigenvalue weighted by Gasteiger charge is -2.33. The number of carbonyl (C=O) groups excluding carboxylic acids is 2. The van der Waals surface area contributed by atoms with E-state index in [0.717, 1.165) is 42.7 Å². The van der Waals surface area contributed by atoms with Crippen LogP contribution in [0.1, 0.15) is 44.6 Å². The Morgan fingerprint density at radius 2 is 1.72 bits per heavy atom. The van der Waals surface area contributed by atoms with Gasteiger partial charge in [-0.15, -0.1) is 0 Å². The maximum Gasteiger partial charge on any atom is 0.244 e. The zero-order valence-corrected chi connectivity index (χ0v) is 23.3. The first kappa shape index (κ1) is 28.6. The molecule has 2 aromatic carbocycles. The van der Waals surface area contributed by atoms with E-state index in [4.69, 9.17) is 34.8 Å². The molecule has 1 fully saturated rings. The summed E-state index contributed by atoms with van der Waals surface area (Å²) in [5.41, 5.74) is 0.913. The highest BCUT2D eigenvalue weighted by molar-refractivity contribution is 7.92. The summed E-state index contributed by atoms with van der Waals surface area (Å²) in [5, 5.41) is 3.97. The third-order valence-electron chi connectivity index (χ3n) is 6.23. The van der Waals surface area contributed by atoms with Gasteiger partial charge in [0.15, 0.2) is 0 Å². The van der Waals surface area contributed by atoms with E-state index in [0.29, 0.717) is 10.6 Å². The number of hydrogen-bond donors (Lipinski definition) is 1. The van der Waals surface area contributed by atoms with Crippen molar-refractivity contribution in [3.05, 3.63) is 63.1 Å². The van der Waals surface area contributed by atoms with Crippen molar-refractivity contribution in [1.82, 2.24) is 10.2 Å². The van der Waals surface area contributed by atoms with Crippen molar-refractivity contribution in [2.24, 2.45) is 0 Å². The molecule has 0 unspecified atom stereocenters. The Bertz CT molecular complexity index is 1200. The number of benzene rings is 2. The van der Waals surface area contributed by atoms with Gasteiger partial charge in [-0.2, -0.15) is 0 Å². The second kappa shape index (κ2) is 12.5. The molecular formula is C25H30Cl3N3O4S. The molecule has 0 heterocycles. The lowest BCUT2D eigenvalue weighted by molar-refractivity contribution is -0.139. The molecule has 0 bridgehead atoms. The quantitative estimate of drug-likeness (QED) is 0.442. The molecule has 36 heavy (non-hydrogen) atoms. The van der Waals surface area contributed by atoms with Crippen molar-refractivity contribution in [2.45, 2.75) is 57.7 Å². The van der Waals surface area contributed by atoms with Crippen molar-refractivity contribution in [1.29, 1.82) is 0 Å². The minimum atomic E-state index is -3.86. The van der Waals surface area contributed by atoms with Gasteiger partial charge in [0.1, 0.15) is 12.6 Å². The molecule has 0 radical (unpaired) electrons. The molecule has 11 heteroatoms. The van der Waals surface area contributed by atoms with Crippen LogP contribution in [0.5, 0.6) is 0 Å². The number of nitrogens with one attached hydrogen (secondary N) is 1. The fraction of sp³-hybridized carbons (Fsp3) is 0.440. The number of sulfonamides is 1. The number of carbonyl (C=O) groups is 2. The second-order valence-electron chi connectivity index (χ2n) is 9.04. The van der Waals surface area contributed by atoms with Crippen LogP contribution in [0.25, 0.3) is 0 Å². The van der Waals surface area contributed by atoms with Crippen LogP contribution in [-0.4, -0.2) is 50.0 Å². The van der Waals surface area contributed by atoms with Crippen LogP contribution < -0.4 is 9.62 Å². The number of halogens is 3. The average molecular weight is 575 g/mol. The van der Waals surface area contributed by atoms with Gasteiger partial charge in [-0.1, -0.05) is 66.2 Å². The molecule has 0 aliphatic heterocycles. The van der Waals surface area contributed by atoms with Crippen LogP contribution >= 0.6 is 34.8 Å². The van der Waals surface area contributed by atoms with Crippen molar-refractivity contribution in [2.75, 3.05) is 17.1 Å². The van der Waals surface area contributed by atoms with Gasteiger partial charge in [0.2, 0.25) is 21.8 Å². The lowest BCUT2D eigenvalue weighted by Crippen LogP contribution is -2.52. The maximum atomic E-state index is 13.6. The van der Waals surface area contributed by atoms with E-state index in [1.165, 1.54) is 23.1 Å². The molecule has 7 nitrogen and oxygen atoms in total. The summed E-state index contributed by atoms with van der Waals surface area (Å²) in [6, 6.07) is 10.5. The standard InChI is InChI=1S/C25H30Cl3N3O4S/c1-17(25(33)29-20-9-4-3-5-10-20)30(15-18-7-6-8-19(26)13-18)24(32)16-31(36(2,34)35)21-11-12-22(27)23(28)14-21/h6-8,11-14,17,20H,3-5,9-10,15-16H2,1-2H3,(H,29,33)/t17-/m1/s1. The third-order valence-corrected chi connectivity index (χ3v) is 8.35. The monoisotopic (exact) mass is 573 g/mol. The second-order valence-corrected chi connectivity index (χ2v) is 12.2. The molecule has 0 saturated heterocycles. The third kappa shape index (κ3) is 7.75. The van der Waals surface area contributed by atoms with Gasteiger partial charge in [0.05, 0.1) is 22.0 Å². The van der Waals surface area contributed by atoms with E-state index in [1.807, 2.05) is 0 Å². The zero-order chi connectivity index (χ0) is 26.5. The van der Waals surface area contributed by atoms with E-state index >= 15 is 0 Å². The fourth-order valence-corrected chi connectivity index (χ4v) is 5.58. The van der Waals surface area contributed by atoms with E-state index in [-0.39, 0.29) is 34.2 Å². The highest BCUT2D eigenvalue weighted by atomic mass is 35.5. The van der Waals surface area contributed by atoms with Crippen molar-refractivity contribution >= 4 is 62.3 Å². The zero-order valence-electron chi connectivity index (χ0n) is 20.2. The van der Waals surface area contributed by atoms with Gasteiger partial charge in [0, 0.05) is 17.6 Å². The van der Waals surface area contributed by atoms with Crippen LogP contribution in [-0.2, 0) is 26.2 Å². The minimum absolute atomic E-state index is 0.0700. The molecule has 2 amide bonds. The number of anilines is 1. The number of hydrogen-bond acceptors (Lipinski definition) is 4. The molecule has 1 aliphatic rings. The summed E-state index contributed by atoms with van der Waals surface area (Å²) in [6.45, 7) is 1.21. The smallest absolute Gasteiger partial charge is 0.244 e. The molecular weight excluding hydrogens is 545 g/mol. The summed E-state index contributed by atoms with van der Waals surface area (Å²) in [4.78, 5) is 28.1. The molecule has 2 aromatic rings. The van der Waals surface area contributed by atoms with Gasteiger partial charge in [0.25, 0.3) is 0 Å². The van der Waals surface area contributed by atoms with Crippen LogP contribution in [0.3, 0.4) is 0 Å². The highest BCUT2D eigenvalue weighted by Gasteiger charge is 2.31. The SMILES string of the molecule is C[C@H](C(=O)NC1CCCCC1)N(Cc1cccc(Cl)c1)C(=O)CN(c1ccc(Cl)c(Cl)c1)S(C)(=O)=O. The van der Waals surface area contributed by atoms with Crippen LogP contribution in [0.4, 0.5) is 5.69 Å². The molecule has 1 atom stereocenters. The van der Waals surface area contributed by atoms with E-state index in [9.17, 15) is 18.0 Å². The van der Waals surface area contributed by atoms with Gasteiger partial charge >= 0.3 is 0 Å². The first-order chi connectivity index (χ1) is 17.0. The lowest BCUT2D eigenvalue weighted by atomic mass is 9.95. The average Bonchev–Trinajstić information content (AvgIpc) is 2.82. The molecule has 1 N–H and O–H groups in total. The normalized spacial score (nSPS) is 15.2. The summed E-state index contributed by atoms with van der Waals surface area (Å²) in [5.74, 6) is -0.824. The van der Waals surface area contributed by atoms with Crippen LogP contribution in [0.2, 0.25) is 15.1 Å². The first-order valence-electron chi connectivity index (χ1n) is 11.7. The number of amides is 2. The van der Waals surface area contributed by atoms with E-state index < -0.39 is 28.5 Å². The maximum absolute atomic E-state index is 13.6. The number of rotatable bonds is 9. The highest BCUT2D eigenvalue weighted by Crippen LogP contribution is 2.29. The van der Waals surface area contributed by atoms with Gasteiger partial charge in [-0.05, 0) is 55.7 Å². The molecule has 196 valence electrons. The fourth-order valence-electron chi connectivity index (χ4n) is 4.24. The molecule has 0 aromatic heterocycles. The Morgan fingerprint density at radius 1 is 1.03 bits per heavy atom. The minimum Gasteiger partial charge on any atom is -0.352 e. The Labute approximate surface area is 227 Å². The summed E-state index contributed by atoms with van der Waals surface area (Å²) >= 11 is 18.2. The topological polar surface area (TPSA) is 86.8 Å². The van der Waals surface area contributed by atoms with E-state index in [1.54, 1.807) is 31.2 Å². The molecule has 0 spiro atoms. The van der Waals surface area contributed by atoms with E-state index in [2.05, 4.69) is 5.32 Å². The van der Waals surface area contributed by atoms with Crippen LogP contribution in [0.15, 0.2) is 42.5 Å².